The molecular formula is C13H12FN3O3. The molecule has 1 N–H and O–H groups in total. The monoisotopic (exact) mass is 277 g/mol. The molecule has 1 aromatic carbocycles. The molecule has 1 aliphatic rings. The first-order valence-electron chi connectivity index (χ1n) is 6.15. The van der Waals surface area contributed by atoms with Crippen LogP contribution in [0.3, 0.4) is 0 Å². The van der Waals surface area contributed by atoms with E-state index < -0.39 is 27.9 Å². The van der Waals surface area contributed by atoms with Crippen LogP contribution in [0.15, 0.2) is 18.2 Å². The Hall–Kier alpha value is -2.49. The molecule has 0 heterocycles. The minimum absolute atomic E-state index is 0.0281. The normalized spacial score (nSPS) is 16.4. The predicted molar refractivity (Wildman–Crippen MR) is 67.3 cm³/mol. The van der Waals surface area contributed by atoms with E-state index in [-0.39, 0.29) is 5.56 Å². The second-order valence-electron chi connectivity index (χ2n) is 4.78. The fraction of sp³-hybridized carbons (Fsp3) is 0.385. The average Bonchev–Trinajstić information content (AvgIpc) is 2.88. The Morgan fingerprint density at radius 3 is 2.65 bits per heavy atom. The third-order valence-electron chi connectivity index (χ3n) is 3.43. The van der Waals surface area contributed by atoms with E-state index in [4.69, 9.17) is 5.26 Å². The maximum Gasteiger partial charge on any atom is 0.305 e. The van der Waals surface area contributed by atoms with Gasteiger partial charge in [0.15, 0.2) is 0 Å². The van der Waals surface area contributed by atoms with Gasteiger partial charge >= 0.3 is 5.69 Å². The summed E-state index contributed by atoms with van der Waals surface area (Å²) >= 11 is 0. The molecule has 6 nitrogen and oxygen atoms in total. The van der Waals surface area contributed by atoms with Crippen LogP contribution in [0.25, 0.3) is 0 Å². The zero-order chi connectivity index (χ0) is 14.8. The predicted octanol–water partition coefficient (Wildman–Crippen LogP) is 2.30. The number of hydrogen-bond acceptors (Lipinski definition) is 4. The van der Waals surface area contributed by atoms with Crippen molar-refractivity contribution in [3.8, 4) is 6.07 Å². The third kappa shape index (κ3) is 2.59. The Kier molecular flexibility index (Phi) is 3.66. The molecule has 2 rings (SSSR count). The van der Waals surface area contributed by atoms with Gasteiger partial charge < -0.3 is 5.32 Å². The summed E-state index contributed by atoms with van der Waals surface area (Å²) in [4.78, 5) is 21.8. The van der Waals surface area contributed by atoms with Crippen molar-refractivity contribution in [2.75, 3.05) is 0 Å². The highest BCUT2D eigenvalue weighted by Crippen LogP contribution is 2.29. The van der Waals surface area contributed by atoms with Gasteiger partial charge in [-0.1, -0.05) is 0 Å². The van der Waals surface area contributed by atoms with Crippen LogP contribution in [0, 0.1) is 27.3 Å². The van der Waals surface area contributed by atoms with Crippen LogP contribution < -0.4 is 5.32 Å². The lowest BCUT2D eigenvalue weighted by Gasteiger charge is -2.21. The number of nitrogens with zero attached hydrogens (tertiary/aromatic N) is 2. The van der Waals surface area contributed by atoms with Gasteiger partial charge in [0.05, 0.1) is 11.0 Å². The smallest absolute Gasteiger partial charge is 0.305 e. The van der Waals surface area contributed by atoms with Crippen LogP contribution in [0.5, 0.6) is 0 Å². The Bertz CT molecular complexity index is 603. The number of nitriles is 1. The molecule has 1 saturated carbocycles. The Labute approximate surface area is 114 Å². The van der Waals surface area contributed by atoms with Crippen molar-refractivity contribution in [1.29, 1.82) is 5.26 Å². The highest BCUT2D eigenvalue weighted by atomic mass is 19.1. The molecule has 0 bridgehead atoms. The minimum Gasteiger partial charge on any atom is -0.334 e. The zero-order valence-electron chi connectivity index (χ0n) is 10.6. The summed E-state index contributed by atoms with van der Waals surface area (Å²) in [5, 5.41) is 22.4. The van der Waals surface area contributed by atoms with Gasteiger partial charge in [0, 0.05) is 11.6 Å². The van der Waals surface area contributed by atoms with E-state index in [0.29, 0.717) is 12.8 Å². The van der Waals surface area contributed by atoms with Crippen LogP contribution in [0.2, 0.25) is 0 Å². The molecule has 7 heteroatoms. The van der Waals surface area contributed by atoms with Crippen LogP contribution in [0.4, 0.5) is 10.1 Å². The molecule has 0 radical (unpaired) electrons. The summed E-state index contributed by atoms with van der Waals surface area (Å²) in [5.41, 5.74) is -1.70. The van der Waals surface area contributed by atoms with Crippen molar-refractivity contribution >= 4 is 11.6 Å². The number of nitrogens with one attached hydrogen (secondary N) is 1. The molecule has 1 aliphatic carbocycles. The van der Waals surface area contributed by atoms with E-state index in [1.54, 1.807) is 0 Å². The molecular weight excluding hydrogens is 265 g/mol. The first-order valence-corrected chi connectivity index (χ1v) is 6.15. The molecule has 1 amide bonds. The number of halogens is 1. The highest BCUT2D eigenvalue weighted by Gasteiger charge is 2.35. The van der Waals surface area contributed by atoms with Crippen molar-refractivity contribution in [3.05, 3.63) is 39.7 Å². The van der Waals surface area contributed by atoms with Gasteiger partial charge in [-0.3, -0.25) is 14.9 Å². The fourth-order valence-electron chi connectivity index (χ4n) is 2.33. The second-order valence-corrected chi connectivity index (χ2v) is 4.78. The number of carbonyl (C=O) groups is 1. The molecule has 0 unspecified atom stereocenters. The average molecular weight is 277 g/mol. The van der Waals surface area contributed by atoms with E-state index in [1.165, 1.54) is 0 Å². The summed E-state index contributed by atoms with van der Waals surface area (Å²) in [6, 6.07) is 5.01. The summed E-state index contributed by atoms with van der Waals surface area (Å²) < 4.78 is 13.2. The van der Waals surface area contributed by atoms with E-state index in [2.05, 4.69) is 11.4 Å². The third-order valence-corrected chi connectivity index (χ3v) is 3.43. The number of carbonyl (C=O) groups excluding carboxylic acids is 1. The molecule has 0 saturated heterocycles. The number of nitro benzene ring substituents is 1. The van der Waals surface area contributed by atoms with Gasteiger partial charge in [0.2, 0.25) is 5.82 Å². The van der Waals surface area contributed by atoms with Crippen LogP contribution in [-0.2, 0) is 0 Å². The molecule has 1 aromatic rings. The van der Waals surface area contributed by atoms with Crippen LogP contribution in [0.1, 0.15) is 36.0 Å². The summed E-state index contributed by atoms with van der Waals surface area (Å²) in [7, 11) is 0. The minimum atomic E-state index is -0.998. The lowest BCUT2D eigenvalue weighted by molar-refractivity contribution is -0.387. The van der Waals surface area contributed by atoms with Crippen molar-refractivity contribution in [1.82, 2.24) is 5.32 Å². The van der Waals surface area contributed by atoms with Gasteiger partial charge in [-0.05, 0) is 37.8 Å². The molecule has 20 heavy (non-hydrogen) atoms. The Balaban J connectivity index is 2.24. The number of amides is 1. The van der Waals surface area contributed by atoms with Gasteiger partial charge in [-0.25, -0.2) is 0 Å². The SMILES string of the molecule is N#CC1(NC(=O)c2ccc(F)c([N+](=O)[O-])c2)CCCC1. The quantitative estimate of drug-likeness (QED) is 0.677. The van der Waals surface area contributed by atoms with Crippen LogP contribution >= 0.6 is 0 Å². The number of benzene rings is 1. The molecule has 104 valence electrons. The first-order chi connectivity index (χ1) is 9.47. The van der Waals surface area contributed by atoms with E-state index in [0.717, 1.165) is 31.0 Å². The fourth-order valence-corrected chi connectivity index (χ4v) is 2.33. The second kappa shape index (κ2) is 5.25. The molecule has 0 aliphatic heterocycles. The number of rotatable bonds is 3. The van der Waals surface area contributed by atoms with E-state index in [9.17, 15) is 19.3 Å². The Morgan fingerprint density at radius 1 is 1.45 bits per heavy atom. The van der Waals surface area contributed by atoms with Gasteiger partial charge in [0.25, 0.3) is 5.91 Å². The van der Waals surface area contributed by atoms with Crippen molar-refractivity contribution in [2.45, 2.75) is 31.2 Å². The highest BCUT2D eigenvalue weighted by molar-refractivity contribution is 5.95. The zero-order valence-corrected chi connectivity index (χ0v) is 10.6. The van der Waals surface area contributed by atoms with Crippen molar-refractivity contribution < 1.29 is 14.1 Å². The topological polar surface area (TPSA) is 96.0 Å². The maximum absolute atomic E-state index is 13.2. The van der Waals surface area contributed by atoms with E-state index in [1.807, 2.05) is 0 Å². The summed E-state index contributed by atoms with van der Waals surface area (Å²) in [5.74, 6) is -1.60. The maximum atomic E-state index is 13.2. The number of nitro groups is 1. The summed E-state index contributed by atoms with van der Waals surface area (Å²) in [6.45, 7) is 0. The van der Waals surface area contributed by atoms with Crippen molar-refractivity contribution in [2.24, 2.45) is 0 Å². The van der Waals surface area contributed by atoms with Gasteiger partial charge in [0.1, 0.15) is 5.54 Å². The molecule has 0 atom stereocenters. The molecule has 0 aromatic heterocycles. The largest absolute Gasteiger partial charge is 0.334 e. The molecule has 0 spiro atoms. The van der Waals surface area contributed by atoms with Crippen molar-refractivity contribution in [3.63, 3.8) is 0 Å². The van der Waals surface area contributed by atoms with Crippen LogP contribution in [-0.4, -0.2) is 16.4 Å². The first kappa shape index (κ1) is 13.9. The number of hydrogen-bond donors (Lipinski definition) is 1. The lowest BCUT2D eigenvalue weighted by atomic mass is 9.99. The molecule has 1 fully saturated rings. The van der Waals surface area contributed by atoms with E-state index >= 15 is 0 Å². The Morgan fingerprint density at radius 2 is 2.10 bits per heavy atom. The lowest BCUT2D eigenvalue weighted by Crippen LogP contribution is -2.45. The standard InChI is InChI=1S/C13H12FN3O3/c14-10-4-3-9(7-11(10)17(19)20)12(18)16-13(8-15)5-1-2-6-13/h3-4,7H,1-2,5-6H2,(H,16,18). The van der Waals surface area contributed by atoms with Gasteiger partial charge in [-0.15, -0.1) is 0 Å². The van der Waals surface area contributed by atoms with Gasteiger partial charge in [-0.2, -0.15) is 9.65 Å². The summed E-state index contributed by atoms with van der Waals surface area (Å²) in [6.07, 6.45) is 2.80.